The van der Waals surface area contributed by atoms with E-state index in [1.165, 1.54) is 19.9 Å². The van der Waals surface area contributed by atoms with Gasteiger partial charge in [0.15, 0.2) is 5.37 Å². The average molecular weight is 232 g/mol. The van der Waals surface area contributed by atoms with Crippen LogP contribution in [0.3, 0.4) is 0 Å². The van der Waals surface area contributed by atoms with Crippen LogP contribution >= 0.6 is 0 Å². The topological polar surface area (TPSA) is 107 Å². The highest BCUT2D eigenvalue weighted by Gasteiger charge is 2.28. The van der Waals surface area contributed by atoms with Crippen molar-refractivity contribution >= 4 is 16.0 Å². The van der Waals surface area contributed by atoms with Crippen LogP contribution < -0.4 is 5.32 Å². The van der Waals surface area contributed by atoms with E-state index in [1.807, 2.05) is 5.32 Å². The molecule has 84 valence electrons. The molecule has 0 aliphatic carbocycles. The van der Waals surface area contributed by atoms with E-state index < -0.39 is 32.9 Å². The number of amides is 1. The maximum Gasteiger partial charge on any atom is 0.286 e. The highest BCUT2D eigenvalue weighted by Crippen LogP contribution is 2.08. The van der Waals surface area contributed by atoms with Crippen LogP contribution in [0.25, 0.3) is 0 Å². The summed E-state index contributed by atoms with van der Waals surface area (Å²) in [6.07, 6.45) is 0. The predicted molar refractivity (Wildman–Crippen MR) is 53.1 cm³/mol. The van der Waals surface area contributed by atoms with E-state index in [9.17, 15) is 13.2 Å². The SMILES string of the molecule is C=C(C#N)C(=O)NC(C(C)C)S(=O)(=O)O. The largest absolute Gasteiger partial charge is 0.333 e. The van der Waals surface area contributed by atoms with Crippen molar-refractivity contribution in [3.05, 3.63) is 12.2 Å². The van der Waals surface area contributed by atoms with Gasteiger partial charge in [0.25, 0.3) is 16.0 Å². The van der Waals surface area contributed by atoms with E-state index in [4.69, 9.17) is 9.81 Å². The molecule has 0 aliphatic rings. The first-order chi connectivity index (χ1) is 6.70. The van der Waals surface area contributed by atoms with Crippen molar-refractivity contribution in [2.24, 2.45) is 5.92 Å². The van der Waals surface area contributed by atoms with Crippen molar-refractivity contribution in [2.45, 2.75) is 19.2 Å². The summed E-state index contributed by atoms with van der Waals surface area (Å²) in [6, 6.07) is 1.48. The fraction of sp³-hybridized carbons (Fsp3) is 0.500. The van der Waals surface area contributed by atoms with Gasteiger partial charge in [0, 0.05) is 0 Å². The minimum Gasteiger partial charge on any atom is -0.333 e. The molecular formula is C8H12N2O4S. The molecule has 0 aromatic rings. The van der Waals surface area contributed by atoms with Gasteiger partial charge in [0.05, 0.1) is 0 Å². The monoisotopic (exact) mass is 232 g/mol. The highest BCUT2D eigenvalue weighted by atomic mass is 32.2. The Morgan fingerprint density at radius 1 is 1.53 bits per heavy atom. The summed E-state index contributed by atoms with van der Waals surface area (Å²) in [6.45, 7) is 6.13. The number of carbonyl (C=O) groups excluding carboxylic acids is 1. The molecule has 15 heavy (non-hydrogen) atoms. The normalized spacial score (nSPS) is 13.0. The molecule has 0 fully saturated rings. The molecule has 7 heteroatoms. The van der Waals surface area contributed by atoms with E-state index in [1.54, 1.807) is 0 Å². The summed E-state index contributed by atoms with van der Waals surface area (Å²) in [5.74, 6) is -1.43. The van der Waals surface area contributed by atoms with Crippen molar-refractivity contribution in [3.8, 4) is 6.07 Å². The molecule has 0 aromatic carbocycles. The maximum absolute atomic E-state index is 11.1. The zero-order valence-electron chi connectivity index (χ0n) is 8.39. The van der Waals surface area contributed by atoms with E-state index >= 15 is 0 Å². The van der Waals surface area contributed by atoms with Gasteiger partial charge < -0.3 is 5.32 Å². The Hall–Kier alpha value is -1.39. The summed E-state index contributed by atoms with van der Waals surface area (Å²) < 4.78 is 30.5. The van der Waals surface area contributed by atoms with Gasteiger partial charge in [-0.05, 0) is 5.92 Å². The Kier molecular flexibility index (Phi) is 4.45. The Morgan fingerprint density at radius 2 is 2.00 bits per heavy atom. The second-order valence-electron chi connectivity index (χ2n) is 3.24. The first-order valence-corrected chi connectivity index (χ1v) is 5.56. The molecule has 0 bridgehead atoms. The van der Waals surface area contributed by atoms with E-state index in [-0.39, 0.29) is 0 Å². The molecule has 2 N–H and O–H groups in total. The molecule has 1 atom stereocenters. The van der Waals surface area contributed by atoms with Gasteiger partial charge in [-0.15, -0.1) is 0 Å². The third kappa shape index (κ3) is 4.10. The Morgan fingerprint density at radius 3 is 2.27 bits per heavy atom. The van der Waals surface area contributed by atoms with Crippen LogP contribution in [0.1, 0.15) is 13.8 Å². The molecule has 0 aromatic heterocycles. The smallest absolute Gasteiger partial charge is 0.286 e. The van der Waals surface area contributed by atoms with Crippen LogP contribution in [-0.4, -0.2) is 24.3 Å². The lowest BCUT2D eigenvalue weighted by Gasteiger charge is -2.18. The number of rotatable bonds is 4. The number of hydrogen-bond donors (Lipinski definition) is 2. The molecule has 1 unspecified atom stereocenters. The predicted octanol–water partition coefficient (Wildman–Crippen LogP) is 0.0523. The second kappa shape index (κ2) is 4.91. The van der Waals surface area contributed by atoms with Crippen LogP contribution in [0.15, 0.2) is 12.2 Å². The number of nitrogens with zero attached hydrogens (tertiary/aromatic N) is 1. The Balaban J connectivity index is 4.83. The van der Waals surface area contributed by atoms with E-state index in [0.717, 1.165) is 0 Å². The van der Waals surface area contributed by atoms with Crippen molar-refractivity contribution in [3.63, 3.8) is 0 Å². The zero-order chi connectivity index (χ0) is 12.2. The van der Waals surface area contributed by atoms with Gasteiger partial charge >= 0.3 is 0 Å². The summed E-state index contributed by atoms with van der Waals surface area (Å²) in [4.78, 5) is 11.1. The zero-order valence-corrected chi connectivity index (χ0v) is 9.21. The van der Waals surface area contributed by atoms with Crippen LogP contribution in [0.2, 0.25) is 0 Å². The number of hydrogen-bond acceptors (Lipinski definition) is 4. The summed E-state index contributed by atoms with van der Waals surface area (Å²) in [5, 5.41) is 8.91. The second-order valence-corrected chi connectivity index (χ2v) is 4.78. The minimum absolute atomic E-state index is 0.413. The van der Waals surface area contributed by atoms with Crippen molar-refractivity contribution < 1.29 is 17.8 Å². The lowest BCUT2D eigenvalue weighted by Crippen LogP contribution is -2.44. The van der Waals surface area contributed by atoms with E-state index in [0.29, 0.717) is 0 Å². The number of carbonyl (C=O) groups is 1. The quantitative estimate of drug-likeness (QED) is 0.404. The van der Waals surface area contributed by atoms with Crippen LogP contribution in [-0.2, 0) is 14.9 Å². The summed E-state index contributed by atoms with van der Waals surface area (Å²) in [7, 11) is -4.38. The van der Waals surface area contributed by atoms with Gasteiger partial charge in [0.2, 0.25) is 0 Å². The summed E-state index contributed by atoms with van der Waals surface area (Å²) in [5.41, 5.74) is -0.413. The van der Waals surface area contributed by atoms with Gasteiger partial charge in [-0.1, -0.05) is 20.4 Å². The summed E-state index contributed by atoms with van der Waals surface area (Å²) >= 11 is 0. The molecule has 1 amide bonds. The highest BCUT2D eigenvalue weighted by molar-refractivity contribution is 7.86. The van der Waals surface area contributed by atoms with Crippen LogP contribution in [0, 0.1) is 17.2 Å². The third-order valence-corrected chi connectivity index (χ3v) is 2.91. The molecule has 0 rings (SSSR count). The fourth-order valence-corrected chi connectivity index (χ4v) is 1.80. The fourth-order valence-electron chi connectivity index (χ4n) is 0.852. The first-order valence-electron chi connectivity index (χ1n) is 4.06. The minimum atomic E-state index is -4.38. The van der Waals surface area contributed by atoms with Gasteiger partial charge in [-0.2, -0.15) is 13.7 Å². The maximum atomic E-state index is 11.1. The molecule has 6 nitrogen and oxygen atoms in total. The Labute approximate surface area is 88.3 Å². The van der Waals surface area contributed by atoms with Crippen LogP contribution in [0.4, 0.5) is 0 Å². The Bertz CT molecular complexity index is 405. The van der Waals surface area contributed by atoms with Crippen LogP contribution in [0.5, 0.6) is 0 Å². The average Bonchev–Trinajstić information content (AvgIpc) is 2.09. The molecule has 0 aliphatic heterocycles. The molecule has 0 saturated heterocycles. The van der Waals surface area contributed by atoms with Crippen molar-refractivity contribution in [2.75, 3.05) is 0 Å². The molecule has 0 radical (unpaired) electrons. The molecule has 0 saturated carbocycles. The van der Waals surface area contributed by atoms with Gasteiger partial charge in [-0.3, -0.25) is 9.35 Å². The molecular weight excluding hydrogens is 220 g/mol. The van der Waals surface area contributed by atoms with Gasteiger partial charge in [0.1, 0.15) is 11.6 Å². The molecule has 0 heterocycles. The van der Waals surface area contributed by atoms with Gasteiger partial charge in [-0.25, -0.2) is 0 Å². The van der Waals surface area contributed by atoms with E-state index in [2.05, 4.69) is 6.58 Å². The lowest BCUT2D eigenvalue weighted by atomic mass is 10.2. The van der Waals surface area contributed by atoms with Crippen molar-refractivity contribution in [1.82, 2.24) is 5.32 Å². The van der Waals surface area contributed by atoms with Crippen molar-refractivity contribution in [1.29, 1.82) is 5.26 Å². The third-order valence-electron chi connectivity index (χ3n) is 1.61. The lowest BCUT2D eigenvalue weighted by molar-refractivity contribution is -0.117. The number of nitrogens with one attached hydrogen (secondary N) is 1. The number of nitriles is 1. The standard InChI is InChI=1S/C8H12N2O4S/c1-5(2)8(15(12,13)14)10-7(11)6(3)4-9/h5,8H,3H2,1-2H3,(H,10,11)(H,12,13,14). The first kappa shape index (κ1) is 13.6. The molecule has 0 spiro atoms.